The molecule has 0 radical (unpaired) electrons. The van der Waals surface area contributed by atoms with Crippen LogP contribution in [0.2, 0.25) is 0 Å². The van der Waals surface area contributed by atoms with Gasteiger partial charge in [0.2, 0.25) is 0 Å². The van der Waals surface area contributed by atoms with Crippen LogP contribution in [0.1, 0.15) is 0 Å². The zero-order valence-electron chi connectivity index (χ0n) is 23.2. The highest BCUT2D eigenvalue weighted by atomic mass is 32.1. The number of hydrogen-bond acceptors (Lipinski definition) is 3. The van der Waals surface area contributed by atoms with Crippen molar-refractivity contribution in [3.63, 3.8) is 0 Å². The second-order valence-electron chi connectivity index (χ2n) is 10.9. The molecule has 0 spiro atoms. The molecule has 0 amide bonds. The highest BCUT2D eigenvalue weighted by molar-refractivity contribution is 7.26. The van der Waals surface area contributed by atoms with Crippen LogP contribution in [0.4, 0.5) is 17.1 Å². The van der Waals surface area contributed by atoms with Crippen LogP contribution in [0.15, 0.2) is 156 Å². The lowest BCUT2D eigenvalue weighted by atomic mass is 9.98. The standard InChI is InChI=1S/C40H25NOS/c1-2-12-27(13-3-1)30-23-24-34(39-38(30)33-16-6-8-19-36(33)42-39)41(29-22-21-26-11-4-5-14-28(26)25-29)35-18-10-17-32-31-15-7-9-20-37(31)43-40(32)35/h1-25H. The Bertz CT molecular complexity index is 2470. The van der Waals surface area contributed by atoms with E-state index in [0.717, 1.165) is 39.0 Å². The van der Waals surface area contributed by atoms with Crippen molar-refractivity contribution >= 4 is 81.3 Å². The number of furan rings is 1. The summed E-state index contributed by atoms with van der Waals surface area (Å²) in [5.41, 5.74) is 7.37. The molecule has 0 saturated heterocycles. The molecule has 0 N–H and O–H groups in total. The third kappa shape index (κ3) is 3.79. The molecule has 0 atom stereocenters. The predicted octanol–water partition coefficient (Wildman–Crippen LogP) is 12.2. The van der Waals surface area contributed by atoms with Crippen LogP contribution in [-0.2, 0) is 0 Å². The molecule has 0 aliphatic carbocycles. The number of fused-ring (bicyclic) bond motifs is 7. The third-order valence-corrected chi connectivity index (χ3v) is 9.66. The first kappa shape index (κ1) is 24.2. The van der Waals surface area contributed by atoms with Crippen molar-refractivity contribution in [2.45, 2.75) is 0 Å². The first-order valence-corrected chi connectivity index (χ1v) is 15.3. The molecule has 0 aliphatic rings. The van der Waals surface area contributed by atoms with Crippen molar-refractivity contribution in [2.24, 2.45) is 0 Å². The van der Waals surface area contributed by atoms with Gasteiger partial charge in [0.1, 0.15) is 5.58 Å². The SMILES string of the molecule is c1ccc(-c2ccc(N(c3ccc4ccccc4c3)c3cccc4c3sc3ccccc34)c3oc4ccccc4c23)cc1. The molecule has 0 fully saturated rings. The van der Waals surface area contributed by atoms with Crippen molar-refractivity contribution in [3.8, 4) is 11.1 Å². The van der Waals surface area contributed by atoms with Crippen LogP contribution in [0.25, 0.3) is 64.0 Å². The molecule has 9 aromatic rings. The summed E-state index contributed by atoms with van der Waals surface area (Å²) >= 11 is 1.85. The van der Waals surface area contributed by atoms with E-state index in [2.05, 4.69) is 150 Å². The van der Waals surface area contributed by atoms with E-state index in [9.17, 15) is 0 Å². The zero-order chi connectivity index (χ0) is 28.3. The molecule has 0 aliphatic heterocycles. The van der Waals surface area contributed by atoms with Gasteiger partial charge in [-0.2, -0.15) is 0 Å². The molecule has 43 heavy (non-hydrogen) atoms. The maximum absolute atomic E-state index is 6.79. The van der Waals surface area contributed by atoms with Gasteiger partial charge in [0.25, 0.3) is 0 Å². The first-order chi connectivity index (χ1) is 21.3. The van der Waals surface area contributed by atoms with Gasteiger partial charge in [-0.15, -0.1) is 11.3 Å². The van der Waals surface area contributed by atoms with Crippen molar-refractivity contribution in [1.29, 1.82) is 0 Å². The number of rotatable bonds is 4. The molecule has 7 aromatic carbocycles. The van der Waals surface area contributed by atoms with Crippen LogP contribution < -0.4 is 4.90 Å². The monoisotopic (exact) mass is 567 g/mol. The smallest absolute Gasteiger partial charge is 0.160 e. The summed E-state index contributed by atoms with van der Waals surface area (Å²) in [6, 6.07) is 54.1. The van der Waals surface area contributed by atoms with Gasteiger partial charge in [-0.05, 0) is 58.3 Å². The average Bonchev–Trinajstić information content (AvgIpc) is 3.65. The van der Waals surface area contributed by atoms with E-state index in [1.54, 1.807) is 0 Å². The van der Waals surface area contributed by atoms with Gasteiger partial charge in [0, 0.05) is 31.9 Å². The lowest BCUT2D eigenvalue weighted by Crippen LogP contribution is -2.10. The van der Waals surface area contributed by atoms with E-state index in [1.807, 2.05) is 17.4 Å². The molecule has 3 heteroatoms. The number of benzene rings is 7. The second-order valence-corrected chi connectivity index (χ2v) is 12.0. The Morgan fingerprint density at radius 2 is 1.26 bits per heavy atom. The molecule has 202 valence electrons. The Labute approximate surface area is 252 Å². The summed E-state index contributed by atoms with van der Waals surface area (Å²) in [6.07, 6.45) is 0. The fourth-order valence-electron chi connectivity index (χ4n) is 6.48. The lowest BCUT2D eigenvalue weighted by molar-refractivity contribution is 0.669. The number of para-hydroxylation sites is 1. The maximum atomic E-state index is 6.79. The summed E-state index contributed by atoms with van der Waals surface area (Å²) in [4.78, 5) is 2.39. The van der Waals surface area contributed by atoms with Gasteiger partial charge in [0.15, 0.2) is 5.58 Å². The molecule has 2 nitrogen and oxygen atoms in total. The van der Waals surface area contributed by atoms with E-state index in [0.29, 0.717) is 0 Å². The van der Waals surface area contributed by atoms with Gasteiger partial charge in [-0.3, -0.25) is 0 Å². The largest absolute Gasteiger partial charge is 0.454 e. The van der Waals surface area contributed by atoms with Crippen LogP contribution >= 0.6 is 11.3 Å². The fourth-order valence-corrected chi connectivity index (χ4v) is 7.69. The first-order valence-electron chi connectivity index (χ1n) is 14.5. The van der Waals surface area contributed by atoms with E-state index in [4.69, 9.17) is 4.42 Å². The summed E-state index contributed by atoms with van der Waals surface area (Å²) in [6.45, 7) is 0. The van der Waals surface area contributed by atoms with Crippen LogP contribution in [0.3, 0.4) is 0 Å². The van der Waals surface area contributed by atoms with Crippen molar-refractivity contribution in [3.05, 3.63) is 152 Å². The van der Waals surface area contributed by atoms with E-state index < -0.39 is 0 Å². The molecular formula is C40H25NOS. The van der Waals surface area contributed by atoms with Gasteiger partial charge < -0.3 is 9.32 Å². The number of nitrogens with zero attached hydrogens (tertiary/aromatic N) is 1. The van der Waals surface area contributed by atoms with Gasteiger partial charge in [-0.25, -0.2) is 0 Å². The Balaban J connectivity index is 1.40. The minimum atomic E-state index is 0.883. The minimum Gasteiger partial charge on any atom is -0.454 e. The van der Waals surface area contributed by atoms with Crippen molar-refractivity contribution in [2.75, 3.05) is 4.90 Å². The normalized spacial score (nSPS) is 11.7. The molecule has 9 rings (SSSR count). The maximum Gasteiger partial charge on any atom is 0.160 e. The molecule has 2 heterocycles. The second kappa shape index (κ2) is 9.59. The predicted molar refractivity (Wildman–Crippen MR) is 184 cm³/mol. The average molecular weight is 568 g/mol. The van der Waals surface area contributed by atoms with E-state index in [-0.39, 0.29) is 0 Å². The Hall–Kier alpha value is -5.38. The summed E-state index contributed by atoms with van der Waals surface area (Å²) in [5, 5.41) is 7.24. The van der Waals surface area contributed by atoms with E-state index in [1.165, 1.54) is 42.1 Å². The Morgan fingerprint density at radius 3 is 2.16 bits per heavy atom. The minimum absolute atomic E-state index is 0.883. The number of hydrogen-bond donors (Lipinski definition) is 0. The number of thiophene rings is 1. The Kier molecular flexibility index (Phi) is 5.40. The molecule has 2 aromatic heterocycles. The lowest BCUT2D eigenvalue weighted by Gasteiger charge is -2.27. The topological polar surface area (TPSA) is 16.4 Å². The van der Waals surface area contributed by atoms with Crippen LogP contribution in [0, 0.1) is 0 Å². The summed E-state index contributed by atoms with van der Waals surface area (Å²) in [5.74, 6) is 0. The Morgan fingerprint density at radius 1 is 0.512 bits per heavy atom. The van der Waals surface area contributed by atoms with Gasteiger partial charge in [0.05, 0.1) is 16.1 Å². The van der Waals surface area contributed by atoms with Crippen LogP contribution in [-0.4, -0.2) is 0 Å². The summed E-state index contributed by atoms with van der Waals surface area (Å²) < 4.78 is 9.34. The van der Waals surface area contributed by atoms with Crippen molar-refractivity contribution < 1.29 is 4.42 Å². The molecule has 0 bridgehead atoms. The third-order valence-electron chi connectivity index (χ3n) is 8.45. The van der Waals surface area contributed by atoms with Gasteiger partial charge >= 0.3 is 0 Å². The quantitative estimate of drug-likeness (QED) is 0.210. The molecule has 0 saturated carbocycles. The highest BCUT2D eigenvalue weighted by Crippen LogP contribution is 2.49. The zero-order valence-corrected chi connectivity index (χ0v) is 24.0. The molecule has 0 unspecified atom stereocenters. The van der Waals surface area contributed by atoms with Crippen LogP contribution in [0.5, 0.6) is 0 Å². The highest BCUT2D eigenvalue weighted by Gasteiger charge is 2.24. The van der Waals surface area contributed by atoms with E-state index >= 15 is 0 Å². The number of anilines is 3. The van der Waals surface area contributed by atoms with Crippen molar-refractivity contribution in [1.82, 2.24) is 0 Å². The summed E-state index contributed by atoms with van der Waals surface area (Å²) in [7, 11) is 0. The fraction of sp³-hybridized carbons (Fsp3) is 0. The molecular weight excluding hydrogens is 543 g/mol. The van der Waals surface area contributed by atoms with Gasteiger partial charge in [-0.1, -0.05) is 115 Å².